The molecular formula is C11H15N5O2. The van der Waals surface area contributed by atoms with Crippen molar-refractivity contribution >= 4 is 5.95 Å². The Kier molecular flexibility index (Phi) is 3.95. The predicted octanol–water partition coefficient (Wildman–Crippen LogP) is 0.802. The van der Waals surface area contributed by atoms with Gasteiger partial charge in [-0.15, -0.1) is 0 Å². The van der Waals surface area contributed by atoms with Crippen molar-refractivity contribution in [1.82, 2.24) is 19.7 Å². The van der Waals surface area contributed by atoms with Crippen molar-refractivity contribution in [3.05, 3.63) is 24.5 Å². The number of aromatic nitrogens is 4. The number of hydrogen-bond donors (Lipinski definition) is 1. The van der Waals surface area contributed by atoms with Gasteiger partial charge in [0.05, 0.1) is 26.8 Å². The number of rotatable bonds is 6. The first-order valence-corrected chi connectivity index (χ1v) is 5.50. The van der Waals surface area contributed by atoms with Gasteiger partial charge in [0.2, 0.25) is 17.7 Å². The van der Waals surface area contributed by atoms with E-state index in [2.05, 4.69) is 20.4 Å². The van der Waals surface area contributed by atoms with Crippen LogP contribution in [-0.2, 0) is 6.54 Å². The van der Waals surface area contributed by atoms with Gasteiger partial charge in [-0.05, 0) is 6.07 Å². The van der Waals surface area contributed by atoms with Crippen molar-refractivity contribution in [2.45, 2.75) is 6.54 Å². The largest absolute Gasteiger partial charge is 0.481 e. The molecule has 0 amide bonds. The summed E-state index contributed by atoms with van der Waals surface area (Å²) in [6.45, 7) is 1.40. The molecule has 2 aromatic rings. The molecule has 0 atom stereocenters. The van der Waals surface area contributed by atoms with Crippen molar-refractivity contribution in [2.24, 2.45) is 0 Å². The zero-order chi connectivity index (χ0) is 12.8. The lowest BCUT2D eigenvalue weighted by atomic mass is 10.5. The smallest absolute Gasteiger partial charge is 0.229 e. The summed E-state index contributed by atoms with van der Waals surface area (Å²) in [6.07, 6.45) is 3.64. The van der Waals surface area contributed by atoms with Crippen LogP contribution in [0.2, 0.25) is 0 Å². The van der Waals surface area contributed by atoms with Gasteiger partial charge in [0.15, 0.2) is 0 Å². The van der Waals surface area contributed by atoms with Gasteiger partial charge in [0.25, 0.3) is 0 Å². The van der Waals surface area contributed by atoms with E-state index in [4.69, 9.17) is 9.47 Å². The molecule has 96 valence electrons. The third-order valence-corrected chi connectivity index (χ3v) is 2.28. The maximum Gasteiger partial charge on any atom is 0.229 e. The summed E-state index contributed by atoms with van der Waals surface area (Å²) in [4.78, 5) is 8.33. The highest BCUT2D eigenvalue weighted by Crippen LogP contribution is 2.16. The normalized spacial score (nSPS) is 10.1. The Labute approximate surface area is 105 Å². The van der Waals surface area contributed by atoms with Gasteiger partial charge in [-0.3, -0.25) is 4.68 Å². The Morgan fingerprint density at radius 1 is 1.22 bits per heavy atom. The second kappa shape index (κ2) is 5.85. The van der Waals surface area contributed by atoms with E-state index < -0.39 is 0 Å². The molecule has 0 unspecified atom stereocenters. The second-order valence-corrected chi connectivity index (χ2v) is 3.47. The molecule has 0 spiro atoms. The molecule has 0 aromatic carbocycles. The maximum absolute atomic E-state index is 5.06. The molecule has 0 fully saturated rings. The monoisotopic (exact) mass is 249 g/mol. The first-order chi connectivity index (χ1) is 8.81. The second-order valence-electron chi connectivity index (χ2n) is 3.47. The van der Waals surface area contributed by atoms with Gasteiger partial charge >= 0.3 is 0 Å². The number of anilines is 1. The van der Waals surface area contributed by atoms with Crippen LogP contribution in [0.15, 0.2) is 24.5 Å². The van der Waals surface area contributed by atoms with Crippen LogP contribution < -0.4 is 14.8 Å². The van der Waals surface area contributed by atoms with Gasteiger partial charge in [-0.25, -0.2) is 0 Å². The van der Waals surface area contributed by atoms with E-state index in [1.54, 1.807) is 26.5 Å². The van der Waals surface area contributed by atoms with Crippen molar-refractivity contribution in [2.75, 3.05) is 26.1 Å². The number of ether oxygens (including phenoxy) is 2. The zero-order valence-corrected chi connectivity index (χ0v) is 10.3. The molecule has 0 saturated heterocycles. The number of methoxy groups -OCH3 is 2. The van der Waals surface area contributed by atoms with Crippen LogP contribution in [0.5, 0.6) is 11.8 Å². The first-order valence-electron chi connectivity index (χ1n) is 5.50. The number of hydrogen-bond acceptors (Lipinski definition) is 6. The van der Waals surface area contributed by atoms with E-state index in [0.717, 1.165) is 6.54 Å². The maximum atomic E-state index is 5.06. The molecule has 0 bridgehead atoms. The van der Waals surface area contributed by atoms with Crippen molar-refractivity contribution in [3.63, 3.8) is 0 Å². The third kappa shape index (κ3) is 3.09. The summed E-state index contributed by atoms with van der Waals surface area (Å²) in [5.41, 5.74) is 0. The van der Waals surface area contributed by atoms with E-state index in [-0.39, 0.29) is 0 Å². The van der Waals surface area contributed by atoms with Crippen LogP contribution in [0, 0.1) is 0 Å². The minimum Gasteiger partial charge on any atom is -0.481 e. The Morgan fingerprint density at radius 3 is 2.50 bits per heavy atom. The van der Waals surface area contributed by atoms with Crippen LogP contribution in [0.1, 0.15) is 0 Å². The van der Waals surface area contributed by atoms with Crippen LogP contribution in [0.4, 0.5) is 5.95 Å². The van der Waals surface area contributed by atoms with E-state index in [1.807, 2.05) is 16.9 Å². The Balaban J connectivity index is 1.95. The molecule has 2 rings (SSSR count). The minimum absolute atomic E-state index is 0.462. The Hall–Kier alpha value is -2.31. The van der Waals surface area contributed by atoms with Crippen molar-refractivity contribution in [3.8, 4) is 11.8 Å². The van der Waals surface area contributed by atoms with E-state index in [1.165, 1.54) is 0 Å². The molecule has 0 aliphatic rings. The fourth-order valence-corrected chi connectivity index (χ4v) is 1.41. The van der Waals surface area contributed by atoms with Crippen LogP contribution in [0.3, 0.4) is 0 Å². The topological polar surface area (TPSA) is 74.1 Å². The molecule has 7 heteroatoms. The average Bonchev–Trinajstić information content (AvgIpc) is 2.91. The highest BCUT2D eigenvalue weighted by molar-refractivity contribution is 5.33. The molecule has 18 heavy (non-hydrogen) atoms. The molecule has 0 radical (unpaired) electrons. The van der Waals surface area contributed by atoms with Crippen molar-refractivity contribution in [1.29, 1.82) is 0 Å². The lowest BCUT2D eigenvalue weighted by Gasteiger charge is -2.08. The first kappa shape index (κ1) is 12.2. The highest BCUT2D eigenvalue weighted by Gasteiger charge is 2.04. The molecule has 1 N–H and O–H groups in total. The average molecular weight is 249 g/mol. The molecule has 0 saturated carbocycles. The van der Waals surface area contributed by atoms with Gasteiger partial charge in [0.1, 0.15) is 0 Å². The molecule has 2 heterocycles. The summed E-state index contributed by atoms with van der Waals surface area (Å²) in [5, 5.41) is 7.19. The van der Waals surface area contributed by atoms with Gasteiger partial charge in [-0.2, -0.15) is 15.1 Å². The van der Waals surface area contributed by atoms with Crippen LogP contribution in [0.25, 0.3) is 0 Å². The van der Waals surface area contributed by atoms with Crippen molar-refractivity contribution < 1.29 is 9.47 Å². The van der Waals surface area contributed by atoms with E-state index in [0.29, 0.717) is 24.3 Å². The van der Waals surface area contributed by atoms with E-state index in [9.17, 15) is 0 Å². The third-order valence-electron chi connectivity index (χ3n) is 2.28. The van der Waals surface area contributed by atoms with Gasteiger partial charge < -0.3 is 14.8 Å². The summed E-state index contributed by atoms with van der Waals surface area (Å²) in [6, 6.07) is 3.50. The van der Waals surface area contributed by atoms with Gasteiger partial charge in [-0.1, -0.05) is 0 Å². The lowest BCUT2D eigenvalue weighted by Crippen LogP contribution is -2.13. The Morgan fingerprint density at radius 2 is 1.94 bits per heavy atom. The van der Waals surface area contributed by atoms with Crippen LogP contribution in [-0.4, -0.2) is 40.5 Å². The Bertz CT molecular complexity index is 464. The quantitative estimate of drug-likeness (QED) is 0.816. The molecule has 7 nitrogen and oxygen atoms in total. The fourth-order valence-electron chi connectivity index (χ4n) is 1.41. The highest BCUT2D eigenvalue weighted by atomic mass is 16.5. The summed E-state index contributed by atoms with van der Waals surface area (Å²) in [7, 11) is 3.10. The summed E-state index contributed by atoms with van der Waals surface area (Å²) >= 11 is 0. The van der Waals surface area contributed by atoms with E-state index >= 15 is 0 Å². The molecule has 0 aliphatic heterocycles. The van der Waals surface area contributed by atoms with Crippen LogP contribution >= 0.6 is 0 Å². The number of nitrogens with one attached hydrogen (secondary N) is 1. The summed E-state index contributed by atoms with van der Waals surface area (Å²) < 4.78 is 11.9. The number of nitrogens with zero attached hydrogens (tertiary/aromatic N) is 4. The minimum atomic E-state index is 0.462. The molecule has 2 aromatic heterocycles. The zero-order valence-electron chi connectivity index (χ0n) is 10.3. The molecule has 0 aliphatic carbocycles. The standard InChI is InChI=1S/C11H15N5O2/c1-17-9-8-10(18-2)15-11(14-9)12-5-7-16-6-3-4-13-16/h3-4,6,8H,5,7H2,1-2H3,(H,12,14,15). The summed E-state index contributed by atoms with van der Waals surface area (Å²) in [5.74, 6) is 1.39. The molecular weight excluding hydrogens is 234 g/mol. The van der Waals surface area contributed by atoms with Gasteiger partial charge in [0, 0.05) is 18.9 Å². The SMILES string of the molecule is COc1cc(OC)nc(NCCn2cccn2)n1. The lowest BCUT2D eigenvalue weighted by molar-refractivity contribution is 0.372. The fraction of sp³-hybridized carbons (Fsp3) is 0.364. The predicted molar refractivity (Wildman–Crippen MR) is 65.9 cm³/mol.